The number of ether oxygens (including phenoxy) is 1. The zero-order valence-corrected chi connectivity index (χ0v) is 7.94. The summed E-state index contributed by atoms with van der Waals surface area (Å²) in [5, 5.41) is 0. The topological polar surface area (TPSA) is 39.4 Å². The molecule has 0 spiro atoms. The van der Waals surface area contributed by atoms with E-state index in [0.717, 1.165) is 18.2 Å². The number of hydrogen-bond acceptors (Lipinski definition) is 3. The minimum atomic E-state index is -0.753. The van der Waals surface area contributed by atoms with Gasteiger partial charge in [0.25, 0.3) is 5.95 Å². The second-order valence-corrected chi connectivity index (χ2v) is 2.98. The van der Waals surface area contributed by atoms with E-state index in [0.29, 0.717) is 6.29 Å². The second kappa shape index (κ2) is 4.14. The molecule has 1 heterocycles. The van der Waals surface area contributed by atoms with E-state index < -0.39 is 11.6 Å². The molecule has 2 rings (SSSR count). The van der Waals surface area contributed by atoms with Crippen LogP contribution in [0.25, 0.3) is 0 Å². The number of benzene rings is 1. The van der Waals surface area contributed by atoms with Gasteiger partial charge in [0.1, 0.15) is 17.4 Å². The van der Waals surface area contributed by atoms with E-state index >= 15 is 0 Å². The second-order valence-electron chi connectivity index (χ2n) is 2.98. The van der Waals surface area contributed by atoms with Gasteiger partial charge >= 0.3 is 0 Å². The van der Waals surface area contributed by atoms with Crippen molar-refractivity contribution in [3.05, 3.63) is 47.7 Å². The average Bonchev–Trinajstić information content (AvgIpc) is 2.64. The number of carbonyl (C=O) groups is 1. The first-order chi connectivity index (χ1) is 7.67. The Balaban J connectivity index is 2.22. The molecule has 0 N–H and O–H groups in total. The van der Waals surface area contributed by atoms with Gasteiger partial charge in [-0.25, -0.2) is 8.78 Å². The smallest absolute Gasteiger partial charge is 0.290 e. The first-order valence-electron chi connectivity index (χ1n) is 4.36. The minimum absolute atomic E-state index is 0.00731. The van der Waals surface area contributed by atoms with Crippen LogP contribution in [0.4, 0.5) is 8.78 Å². The lowest BCUT2D eigenvalue weighted by atomic mass is 10.3. The van der Waals surface area contributed by atoms with Crippen LogP contribution >= 0.6 is 0 Å². The fraction of sp³-hybridized carbons (Fsp3) is 0. The van der Waals surface area contributed by atoms with Gasteiger partial charge in [-0.15, -0.1) is 0 Å². The van der Waals surface area contributed by atoms with Crippen molar-refractivity contribution >= 4 is 6.29 Å². The Kier molecular flexibility index (Phi) is 2.68. The summed E-state index contributed by atoms with van der Waals surface area (Å²) in [4.78, 5) is 10.3. The Hall–Kier alpha value is -2.17. The molecule has 0 unspecified atom stereocenters. The van der Waals surface area contributed by atoms with Crippen LogP contribution in [-0.4, -0.2) is 6.29 Å². The van der Waals surface area contributed by atoms with Crippen molar-refractivity contribution in [2.45, 2.75) is 0 Å². The molecule has 0 aliphatic rings. The molecule has 3 nitrogen and oxygen atoms in total. The van der Waals surface area contributed by atoms with Crippen LogP contribution in [0, 0.1) is 11.6 Å². The zero-order valence-electron chi connectivity index (χ0n) is 7.94. The fourth-order valence-corrected chi connectivity index (χ4v) is 1.16. The number of rotatable bonds is 3. The summed E-state index contributed by atoms with van der Waals surface area (Å²) < 4.78 is 35.5. The van der Waals surface area contributed by atoms with E-state index in [9.17, 15) is 13.6 Å². The van der Waals surface area contributed by atoms with Crippen LogP contribution in [0.5, 0.6) is 11.7 Å². The van der Waals surface area contributed by atoms with Crippen LogP contribution in [-0.2, 0) is 0 Å². The molecule has 16 heavy (non-hydrogen) atoms. The van der Waals surface area contributed by atoms with Crippen molar-refractivity contribution in [3.8, 4) is 11.7 Å². The van der Waals surface area contributed by atoms with E-state index in [4.69, 9.17) is 9.15 Å². The van der Waals surface area contributed by atoms with E-state index in [1.807, 2.05) is 0 Å². The molecule has 0 aliphatic carbocycles. The van der Waals surface area contributed by atoms with Crippen LogP contribution in [0.15, 0.2) is 34.7 Å². The SMILES string of the molecule is O=Cc1ccc(Oc2cc(F)cc(F)c2)o1. The van der Waals surface area contributed by atoms with Crippen LogP contribution in [0.1, 0.15) is 10.6 Å². The molecule has 1 aromatic heterocycles. The molecule has 1 aromatic carbocycles. The maximum absolute atomic E-state index is 12.8. The highest BCUT2D eigenvalue weighted by Gasteiger charge is 2.06. The van der Waals surface area contributed by atoms with Gasteiger partial charge in [-0.2, -0.15) is 0 Å². The van der Waals surface area contributed by atoms with E-state index in [1.54, 1.807) is 0 Å². The Morgan fingerprint density at radius 1 is 1.12 bits per heavy atom. The lowest BCUT2D eigenvalue weighted by Gasteiger charge is -2.01. The third kappa shape index (κ3) is 2.25. The number of carbonyl (C=O) groups excluding carboxylic acids is 1. The van der Waals surface area contributed by atoms with E-state index in [-0.39, 0.29) is 17.5 Å². The van der Waals surface area contributed by atoms with Gasteiger partial charge in [-0.1, -0.05) is 0 Å². The summed E-state index contributed by atoms with van der Waals surface area (Å²) in [6, 6.07) is 5.51. The van der Waals surface area contributed by atoms with Gasteiger partial charge < -0.3 is 9.15 Å². The Labute approximate surface area is 89.3 Å². The predicted molar refractivity (Wildman–Crippen MR) is 50.5 cm³/mol. The zero-order chi connectivity index (χ0) is 11.5. The number of halogens is 2. The van der Waals surface area contributed by atoms with Crippen molar-refractivity contribution in [3.63, 3.8) is 0 Å². The molecule has 0 aliphatic heterocycles. The summed E-state index contributed by atoms with van der Waals surface area (Å²) in [5.74, 6) is -1.47. The molecule has 82 valence electrons. The molecule has 0 atom stereocenters. The van der Waals surface area contributed by atoms with Gasteiger partial charge in [-0.05, 0) is 6.07 Å². The third-order valence-corrected chi connectivity index (χ3v) is 1.77. The summed E-state index contributed by atoms with van der Waals surface area (Å²) in [6.07, 6.45) is 0.499. The average molecular weight is 224 g/mol. The molecule has 0 saturated heterocycles. The highest BCUT2D eigenvalue weighted by molar-refractivity contribution is 5.70. The molecular formula is C11H6F2O3. The Bertz CT molecular complexity index is 499. The fourth-order valence-electron chi connectivity index (χ4n) is 1.16. The van der Waals surface area contributed by atoms with Crippen LogP contribution in [0.3, 0.4) is 0 Å². The van der Waals surface area contributed by atoms with Crippen molar-refractivity contribution in [2.75, 3.05) is 0 Å². The number of furan rings is 1. The van der Waals surface area contributed by atoms with Crippen LogP contribution < -0.4 is 4.74 Å². The minimum Gasteiger partial charge on any atom is -0.426 e. The van der Waals surface area contributed by atoms with Crippen molar-refractivity contribution in [1.29, 1.82) is 0 Å². The van der Waals surface area contributed by atoms with Crippen LogP contribution in [0.2, 0.25) is 0 Å². The maximum atomic E-state index is 12.8. The van der Waals surface area contributed by atoms with Gasteiger partial charge in [0.2, 0.25) is 0 Å². The van der Waals surface area contributed by atoms with E-state index in [2.05, 4.69) is 0 Å². The lowest BCUT2D eigenvalue weighted by Crippen LogP contribution is -1.86. The number of aldehydes is 1. The van der Waals surface area contributed by atoms with Gasteiger partial charge in [0.05, 0.1) is 0 Å². The summed E-state index contributed by atoms with van der Waals surface area (Å²) in [6.45, 7) is 0. The summed E-state index contributed by atoms with van der Waals surface area (Å²) in [5.41, 5.74) is 0. The van der Waals surface area contributed by atoms with Crippen molar-refractivity contribution < 1.29 is 22.7 Å². The molecule has 0 fully saturated rings. The molecular weight excluding hydrogens is 218 g/mol. The van der Waals surface area contributed by atoms with Crippen molar-refractivity contribution in [2.24, 2.45) is 0 Å². The Morgan fingerprint density at radius 2 is 1.81 bits per heavy atom. The monoisotopic (exact) mass is 224 g/mol. The van der Waals surface area contributed by atoms with Crippen molar-refractivity contribution in [1.82, 2.24) is 0 Å². The molecule has 0 amide bonds. The maximum Gasteiger partial charge on any atom is 0.290 e. The normalized spacial score (nSPS) is 10.1. The molecule has 0 saturated carbocycles. The van der Waals surface area contributed by atoms with E-state index in [1.165, 1.54) is 12.1 Å². The Morgan fingerprint density at radius 3 is 2.38 bits per heavy atom. The first-order valence-corrected chi connectivity index (χ1v) is 4.36. The largest absolute Gasteiger partial charge is 0.426 e. The van der Waals surface area contributed by atoms with Gasteiger partial charge in [-0.3, -0.25) is 4.79 Å². The third-order valence-electron chi connectivity index (χ3n) is 1.77. The summed E-state index contributed by atoms with van der Waals surface area (Å²) >= 11 is 0. The molecule has 5 heteroatoms. The quantitative estimate of drug-likeness (QED) is 0.751. The van der Waals surface area contributed by atoms with Gasteiger partial charge in [0, 0.05) is 24.3 Å². The highest BCUT2D eigenvalue weighted by atomic mass is 19.1. The standard InChI is InChI=1S/C11H6F2O3/c12-7-3-8(13)5-10(4-7)16-11-2-1-9(6-14)15-11/h1-6H. The molecule has 0 radical (unpaired) electrons. The lowest BCUT2D eigenvalue weighted by molar-refractivity contribution is 0.109. The molecule has 2 aromatic rings. The predicted octanol–water partition coefficient (Wildman–Crippen LogP) is 3.16. The highest BCUT2D eigenvalue weighted by Crippen LogP contribution is 2.24. The summed E-state index contributed by atoms with van der Waals surface area (Å²) in [7, 11) is 0. The number of hydrogen-bond donors (Lipinski definition) is 0. The van der Waals surface area contributed by atoms with Gasteiger partial charge in [0.15, 0.2) is 12.0 Å². The first kappa shape index (κ1) is 10.4. The molecule has 0 bridgehead atoms.